The van der Waals surface area contributed by atoms with Crippen LogP contribution in [0.2, 0.25) is 0 Å². The highest BCUT2D eigenvalue weighted by Crippen LogP contribution is 2.32. The van der Waals surface area contributed by atoms with E-state index in [1.807, 2.05) is 54.8 Å². The van der Waals surface area contributed by atoms with Gasteiger partial charge in [0, 0.05) is 10.9 Å². The van der Waals surface area contributed by atoms with E-state index in [0.29, 0.717) is 24.4 Å². The maximum Gasteiger partial charge on any atom is 0.260 e. The lowest BCUT2D eigenvalue weighted by Crippen LogP contribution is -2.25. The number of nitrogens with zero attached hydrogens (tertiary/aromatic N) is 1. The van der Waals surface area contributed by atoms with Crippen molar-refractivity contribution in [3.8, 4) is 22.6 Å². The number of benzene rings is 2. The van der Waals surface area contributed by atoms with E-state index < -0.39 is 0 Å². The van der Waals surface area contributed by atoms with Gasteiger partial charge in [0.2, 0.25) is 0 Å². The second kappa shape index (κ2) is 8.53. The minimum absolute atomic E-state index is 0.0726. The molecule has 0 radical (unpaired) electrons. The number of ether oxygens (including phenoxy) is 2. The van der Waals surface area contributed by atoms with Gasteiger partial charge in [-0.3, -0.25) is 4.79 Å². The number of thiophene rings is 1. The summed E-state index contributed by atoms with van der Waals surface area (Å²) >= 11 is 1.50. The Kier molecular flexibility index (Phi) is 5.44. The molecule has 2 aromatic carbocycles. The van der Waals surface area contributed by atoms with E-state index in [2.05, 4.69) is 16.4 Å². The van der Waals surface area contributed by atoms with Crippen LogP contribution in [-0.2, 0) is 6.42 Å². The van der Waals surface area contributed by atoms with Gasteiger partial charge in [0.15, 0.2) is 11.5 Å². The second-order valence-corrected chi connectivity index (χ2v) is 8.41. The highest BCUT2D eigenvalue weighted by Gasteiger charge is 2.16. The summed E-state index contributed by atoms with van der Waals surface area (Å²) in [5, 5.41) is 6.12. The van der Waals surface area contributed by atoms with E-state index >= 15 is 0 Å². The van der Waals surface area contributed by atoms with Crippen LogP contribution in [0.15, 0.2) is 58.7 Å². The molecule has 0 saturated carbocycles. The largest absolute Gasteiger partial charge is 0.486 e. The summed E-state index contributed by atoms with van der Waals surface area (Å²) in [5.41, 5.74) is 3.03. The summed E-state index contributed by atoms with van der Waals surface area (Å²) in [7, 11) is 0. The Morgan fingerprint density at radius 1 is 1.13 bits per heavy atom. The highest BCUT2D eigenvalue weighted by atomic mass is 32.1. The van der Waals surface area contributed by atoms with Gasteiger partial charge in [-0.2, -0.15) is 0 Å². The normalized spacial score (nSPS) is 14.0. The number of hydrogen-bond donors (Lipinski definition) is 2. The van der Waals surface area contributed by atoms with Crippen molar-refractivity contribution in [1.29, 1.82) is 0 Å². The third-order valence-electron chi connectivity index (χ3n) is 5.43. The molecule has 5 rings (SSSR count). The zero-order valence-electron chi connectivity index (χ0n) is 17.2. The van der Waals surface area contributed by atoms with Gasteiger partial charge in [0.25, 0.3) is 5.56 Å². The van der Waals surface area contributed by atoms with E-state index in [1.54, 1.807) is 0 Å². The van der Waals surface area contributed by atoms with Crippen LogP contribution < -0.4 is 20.3 Å². The number of fused-ring (bicyclic) bond motifs is 2. The molecule has 0 spiro atoms. The van der Waals surface area contributed by atoms with Crippen LogP contribution in [0.3, 0.4) is 0 Å². The fourth-order valence-electron chi connectivity index (χ4n) is 3.77. The van der Waals surface area contributed by atoms with Gasteiger partial charge in [0.05, 0.1) is 11.4 Å². The molecule has 2 aromatic heterocycles. The van der Waals surface area contributed by atoms with E-state index in [0.717, 1.165) is 40.4 Å². The Bertz CT molecular complexity index is 1270. The number of hydrogen-bond acceptors (Lipinski definition) is 6. The summed E-state index contributed by atoms with van der Waals surface area (Å²) in [5.74, 6) is 2.26. The van der Waals surface area contributed by atoms with Crippen LogP contribution in [0.5, 0.6) is 11.5 Å². The fraction of sp³-hybridized carbons (Fsp3) is 0.250. The smallest absolute Gasteiger partial charge is 0.260 e. The molecule has 0 saturated heterocycles. The van der Waals surface area contributed by atoms with Crippen molar-refractivity contribution >= 4 is 21.6 Å². The molecule has 31 heavy (non-hydrogen) atoms. The van der Waals surface area contributed by atoms with Crippen molar-refractivity contribution in [3.63, 3.8) is 0 Å². The lowest BCUT2D eigenvalue weighted by atomic mass is 10.1. The van der Waals surface area contributed by atoms with E-state index in [4.69, 9.17) is 14.5 Å². The number of rotatable bonds is 6. The van der Waals surface area contributed by atoms with Crippen LogP contribution >= 0.6 is 11.3 Å². The lowest BCUT2D eigenvalue weighted by Gasteiger charge is -2.19. The van der Waals surface area contributed by atoms with E-state index in [-0.39, 0.29) is 11.6 Å². The van der Waals surface area contributed by atoms with Crippen LogP contribution in [0.1, 0.15) is 24.4 Å². The molecule has 6 nitrogen and oxygen atoms in total. The lowest BCUT2D eigenvalue weighted by molar-refractivity contribution is 0.171. The summed E-state index contributed by atoms with van der Waals surface area (Å²) in [6, 6.07) is 15.9. The molecule has 1 atom stereocenters. The zero-order valence-corrected chi connectivity index (χ0v) is 18.0. The third kappa shape index (κ3) is 4.06. The SMILES string of the molecule is C[C@@H](NCCc1ccc2c(c1)OCCO2)c1nc2scc(-c3ccccc3)c2c(=O)[nH]1. The van der Waals surface area contributed by atoms with Crippen LogP contribution in [0.25, 0.3) is 21.3 Å². The molecule has 7 heteroatoms. The maximum atomic E-state index is 12.8. The zero-order chi connectivity index (χ0) is 21.2. The number of aromatic nitrogens is 2. The van der Waals surface area contributed by atoms with Gasteiger partial charge in [-0.15, -0.1) is 11.3 Å². The average Bonchev–Trinajstić information content (AvgIpc) is 3.24. The van der Waals surface area contributed by atoms with E-state index in [9.17, 15) is 4.79 Å². The van der Waals surface area contributed by atoms with Crippen molar-refractivity contribution in [1.82, 2.24) is 15.3 Å². The van der Waals surface area contributed by atoms with Gasteiger partial charge in [-0.1, -0.05) is 36.4 Å². The summed E-state index contributed by atoms with van der Waals surface area (Å²) < 4.78 is 11.2. The van der Waals surface area contributed by atoms with Crippen LogP contribution in [-0.4, -0.2) is 29.7 Å². The molecule has 2 N–H and O–H groups in total. The Morgan fingerprint density at radius 3 is 2.77 bits per heavy atom. The van der Waals surface area contributed by atoms with Gasteiger partial charge in [0.1, 0.15) is 23.9 Å². The van der Waals surface area contributed by atoms with Crippen LogP contribution in [0.4, 0.5) is 0 Å². The van der Waals surface area contributed by atoms with Gasteiger partial charge in [-0.25, -0.2) is 4.98 Å². The number of aromatic amines is 1. The Hall–Kier alpha value is -3.16. The van der Waals surface area contributed by atoms with Crippen molar-refractivity contribution in [2.75, 3.05) is 19.8 Å². The highest BCUT2D eigenvalue weighted by molar-refractivity contribution is 7.17. The molecular weight excluding hydrogens is 410 g/mol. The minimum atomic E-state index is -0.0967. The minimum Gasteiger partial charge on any atom is -0.486 e. The molecule has 4 aromatic rings. The van der Waals surface area contributed by atoms with Crippen LogP contribution in [0, 0.1) is 0 Å². The molecule has 158 valence electrons. The standard InChI is InChI=1S/C24H23N3O3S/c1-15(25-10-9-16-7-8-19-20(13-16)30-12-11-29-19)22-26-23(28)21-18(14-31-24(21)27-22)17-5-3-2-4-6-17/h2-8,13-15,25H,9-12H2,1H3,(H,26,27,28)/t15-/m1/s1. The average molecular weight is 434 g/mol. The molecule has 0 fully saturated rings. The summed E-state index contributed by atoms with van der Waals surface area (Å²) in [6.45, 7) is 3.95. The maximum absolute atomic E-state index is 12.8. The Morgan fingerprint density at radius 2 is 1.94 bits per heavy atom. The first-order valence-electron chi connectivity index (χ1n) is 10.4. The molecular formula is C24H23N3O3S. The molecule has 0 amide bonds. The molecule has 0 bridgehead atoms. The molecule has 3 heterocycles. The Balaban J connectivity index is 1.29. The van der Waals surface area contributed by atoms with Gasteiger partial charge >= 0.3 is 0 Å². The van der Waals surface area contributed by atoms with Crippen molar-refractivity contribution in [2.24, 2.45) is 0 Å². The molecule has 0 aliphatic carbocycles. The van der Waals surface area contributed by atoms with Crippen molar-refractivity contribution in [3.05, 3.63) is 75.7 Å². The molecule has 0 unspecified atom stereocenters. The Labute approximate surface area is 183 Å². The third-order valence-corrected chi connectivity index (χ3v) is 6.30. The van der Waals surface area contributed by atoms with Crippen molar-refractivity contribution < 1.29 is 9.47 Å². The summed E-state index contributed by atoms with van der Waals surface area (Å²) in [6.07, 6.45) is 0.838. The predicted octanol–water partition coefficient (Wildman–Crippen LogP) is 4.32. The first-order chi connectivity index (χ1) is 15.2. The van der Waals surface area contributed by atoms with Gasteiger partial charge < -0.3 is 19.8 Å². The first-order valence-corrected chi connectivity index (χ1v) is 11.3. The topological polar surface area (TPSA) is 76.2 Å². The molecule has 1 aliphatic rings. The number of H-pyrrole nitrogens is 1. The quantitative estimate of drug-likeness (QED) is 0.474. The number of nitrogens with one attached hydrogen (secondary N) is 2. The monoisotopic (exact) mass is 433 g/mol. The van der Waals surface area contributed by atoms with E-state index in [1.165, 1.54) is 16.9 Å². The van der Waals surface area contributed by atoms with Crippen molar-refractivity contribution in [2.45, 2.75) is 19.4 Å². The van der Waals surface area contributed by atoms with Gasteiger partial charge in [-0.05, 0) is 43.1 Å². The molecule has 1 aliphatic heterocycles. The predicted molar refractivity (Wildman–Crippen MR) is 123 cm³/mol. The fourth-order valence-corrected chi connectivity index (χ4v) is 4.73. The first kappa shape index (κ1) is 19.8. The summed E-state index contributed by atoms with van der Waals surface area (Å²) in [4.78, 5) is 21.3. The second-order valence-electron chi connectivity index (χ2n) is 7.55.